The highest BCUT2D eigenvalue weighted by Gasteiger charge is 2.15. The molecule has 3 N–H and O–H groups in total. The fraction of sp³-hybridized carbons (Fsp3) is 0.333. The number of halogens is 1. The molecule has 0 saturated heterocycles. The van der Waals surface area contributed by atoms with Crippen LogP contribution in [0, 0.1) is 0 Å². The Morgan fingerprint density at radius 1 is 1.55 bits per heavy atom. The van der Waals surface area contributed by atoms with E-state index in [4.69, 9.17) is 10.5 Å². The number of hydrogen-bond donors (Lipinski definition) is 2. The van der Waals surface area contributed by atoms with Gasteiger partial charge >= 0.3 is 6.09 Å². The first-order chi connectivity index (χ1) is 10.3. The van der Waals surface area contributed by atoms with E-state index in [9.17, 15) is 4.79 Å². The number of carbonyl (C=O) groups is 1. The summed E-state index contributed by atoms with van der Waals surface area (Å²) in [5.74, 6) is 0.507. The molecule has 1 amide bonds. The number of alkyl carbamates (subject to hydrolysis) is 1. The van der Waals surface area contributed by atoms with E-state index < -0.39 is 11.7 Å². The van der Waals surface area contributed by atoms with Gasteiger partial charge < -0.3 is 15.8 Å². The van der Waals surface area contributed by atoms with Gasteiger partial charge in [-0.05, 0) is 36.7 Å². The molecule has 5 nitrogen and oxygen atoms in total. The first-order valence-electron chi connectivity index (χ1n) is 6.72. The van der Waals surface area contributed by atoms with Gasteiger partial charge in [-0.2, -0.15) is 0 Å². The van der Waals surface area contributed by atoms with Gasteiger partial charge in [-0.15, -0.1) is 11.3 Å². The van der Waals surface area contributed by atoms with E-state index in [-0.39, 0.29) is 0 Å². The largest absolute Gasteiger partial charge is 0.444 e. The van der Waals surface area contributed by atoms with Crippen LogP contribution in [0.25, 0.3) is 16.2 Å². The Hall–Kier alpha value is -1.60. The summed E-state index contributed by atoms with van der Waals surface area (Å²) in [5, 5.41) is 5.58. The number of amides is 1. The number of rotatable bonds is 3. The molecule has 7 heteroatoms. The summed E-state index contributed by atoms with van der Waals surface area (Å²) >= 11 is 5.07. The highest BCUT2D eigenvalue weighted by atomic mass is 79.9. The molecule has 0 fully saturated rings. The van der Waals surface area contributed by atoms with Gasteiger partial charge in [0, 0.05) is 38.2 Å². The van der Waals surface area contributed by atoms with Crippen LogP contribution in [0.5, 0.6) is 0 Å². The van der Waals surface area contributed by atoms with Crippen molar-refractivity contribution in [2.75, 3.05) is 12.3 Å². The molecule has 0 unspecified atom stereocenters. The van der Waals surface area contributed by atoms with E-state index in [1.54, 1.807) is 17.5 Å². The van der Waals surface area contributed by atoms with E-state index in [1.807, 2.05) is 38.3 Å². The zero-order chi connectivity index (χ0) is 16.3. The number of hydrogen-bond acceptors (Lipinski definition) is 5. The molecule has 2 heterocycles. The number of nitrogens with two attached hydrogens (primary N) is 1. The van der Waals surface area contributed by atoms with Gasteiger partial charge in [-0.25, -0.2) is 9.78 Å². The number of thiophene rings is 1. The maximum Gasteiger partial charge on any atom is 0.407 e. The number of ether oxygens (including phenoxy) is 1. The normalized spacial score (nSPS) is 12.0. The molecular weight excluding hydrogens is 366 g/mol. The average molecular weight is 384 g/mol. The summed E-state index contributed by atoms with van der Waals surface area (Å²) in [6.07, 6.45) is 5.06. The highest BCUT2D eigenvalue weighted by molar-refractivity contribution is 9.10. The Kier molecular flexibility index (Phi) is 5.08. The van der Waals surface area contributed by atoms with E-state index in [0.717, 1.165) is 20.1 Å². The van der Waals surface area contributed by atoms with E-state index >= 15 is 0 Å². The third-order valence-corrected chi connectivity index (χ3v) is 4.63. The standard InChI is InChI=1S/C15H18BrN3O2S/c1-15(2,3)21-14(20)18-6-4-5-9-7-19-13(17)11-10(16)8-22-12(9)11/h4-5,7-8H,6H2,1-3H3,(H2,17,19)(H,18,20). The molecule has 0 saturated carbocycles. The predicted molar refractivity (Wildman–Crippen MR) is 95.0 cm³/mol. The Balaban J connectivity index is 2.03. The molecule has 0 spiro atoms. The second kappa shape index (κ2) is 6.66. The zero-order valence-electron chi connectivity index (χ0n) is 12.6. The van der Waals surface area contributed by atoms with Gasteiger partial charge in [-0.3, -0.25) is 0 Å². The van der Waals surface area contributed by atoms with Crippen LogP contribution in [0.4, 0.5) is 10.6 Å². The van der Waals surface area contributed by atoms with Crippen LogP contribution in [-0.4, -0.2) is 23.2 Å². The van der Waals surface area contributed by atoms with Crippen molar-refractivity contribution < 1.29 is 9.53 Å². The lowest BCUT2D eigenvalue weighted by Gasteiger charge is -2.19. The SMILES string of the molecule is CC(C)(C)OC(=O)NCC=Cc1cnc(N)c2c(Br)csc12. The zero-order valence-corrected chi connectivity index (χ0v) is 15.0. The molecule has 0 atom stereocenters. The third-order valence-electron chi connectivity index (χ3n) is 2.67. The molecule has 0 aliphatic carbocycles. The Morgan fingerprint density at radius 3 is 2.95 bits per heavy atom. The van der Waals surface area contributed by atoms with E-state index in [0.29, 0.717) is 12.4 Å². The molecule has 2 aromatic heterocycles. The number of aromatic nitrogens is 1. The van der Waals surface area contributed by atoms with Crippen molar-refractivity contribution in [3.63, 3.8) is 0 Å². The molecule has 0 aliphatic heterocycles. The average Bonchev–Trinajstić information content (AvgIpc) is 2.78. The molecule has 118 valence electrons. The van der Waals surface area contributed by atoms with Crippen molar-refractivity contribution >= 4 is 55.3 Å². The quantitative estimate of drug-likeness (QED) is 0.832. The highest BCUT2D eigenvalue weighted by Crippen LogP contribution is 2.35. The molecule has 0 aliphatic rings. The van der Waals surface area contributed by atoms with Gasteiger partial charge in [0.05, 0.1) is 0 Å². The summed E-state index contributed by atoms with van der Waals surface area (Å²) in [6.45, 7) is 5.86. The molecule has 22 heavy (non-hydrogen) atoms. The van der Waals surface area contributed by atoms with Gasteiger partial charge in [0.15, 0.2) is 0 Å². The number of nitrogens with zero attached hydrogens (tertiary/aromatic N) is 1. The molecule has 2 aromatic rings. The topological polar surface area (TPSA) is 77.2 Å². The monoisotopic (exact) mass is 383 g/mol. The number of anilines is 1. The maximum atomic E-state index is 11.5. The summed E-state index contributed by atoms with van der Waals surface area (Å²) in [4.78, 5) is 15.7. The summed E-state index contributed by atoms with van der Waals surface area (Å²) in [5.41, 5.74) is 6.36. The smallest absolute Gasteiger partial charge is 0.407 e. The first-order valence-corrected chi connectivity index (χ1v) is 8.40. The molecule has 0 radical (unpaired) electrons. The van der Waals surface area contributed by atoms with Crippen molar-refractivity contribution in [1.82, 2.24) is 10.3 Å². The molecule has 0 bridgehead atoms. The number of fused-ring (bicyclic) bond motifs is 1. The predicted octanol–water partition coefficient (Wildman–Crippen LogP) is 4.18. The maximum absolute atomic E-state index is 11.5. The number of nitrogen functional groups attached to an aromatic ring is 1. The lowest BCUT2D eigenvalue weighted by Crippen LogP contribution is -2.32. The van der Waals surface area contributed by atoms with Crippen molar-refractivity contribution in [3.8, 4) is 0 Å². The van der Waals surface area contributed by atoms with Gasteiger partial charge in [0.2, 0.25) is 0 Å². The van der Waals surface area contributed by atoms with Crippen molar-refractivity contribution in [3.05, 3.63) is 27.7 Å². The van der Waals surface area contributed by atoms with Gasteiger partial charge in [0.1, 0.15) is 11.4 Å². The minimum atomic E-state index is -0.496. The van der Waals surface area contributed by atoms with Crippen LogP contribution in [0.3, 0.4) is 0 Å². The number of pyridine rings is 1. The minimum Gasteiger partial charge on any atom is -0.444 e. The van der Waals surface area contributed by atoms with Gasteiger partial charge in [-0.1, -0.05) is 12.2 Å². The van der Waals surface area contributed by atoms with Gasteiger partial charge in [0.25, 0.3) is 0 Å². The van der Waals surface area contributed by atoms with Crippen LogP contribution in [0.15, 0.2) is 22.1 Å². The first kappa shape index (κ1) is 16.8. The van der Waals surface area contributed by atoms with Crippen LogP contribution in [0.2, 0.25) is 0 Å². The van der Waals surface area contributed by atoms with Crippen molar-refractivity contribution in [2.24, 2.45) is 0 Å². The van der Waals surface area contributed by atoms with Crippen molar-refractivity contribution in [1.29, 1.82) is 0 Å². The molecule has 2 rings (SSSR count). The Bertz CT molecular complexity index is 719. The summed E-state index contributed by atoms with van der Waals surface area (Å²) in [7, 11) is 0. The molecule has 0 aromatic carbocycles. The lowest BCUT2D eigenvalue weighted by atomic mass is 10.2. The van der Waals surface area contributed by atoms with Crippen LogP contribution in [-0.2, 0) is 4.74 Å². The minimum absolute atomic E-state index is 0.382. The van der Waals surface area contributed by atoms with E-state index in [2.05, 4.69) is 26.2 Å². The number of carbonyl (C=O) groups excluding carboxylic acids is 1. The molecular formula is C15H18BrN3O2S. The third kappa shape index (κ3) is 4.20. The second-order valence-corrected chi connectivity index (χ2v) is 7.41. The van der Waals surface area contributed by atoms with E-state index in [1.165, 1.54) is 0 Å². The van der Waals surface area contributed by atoms with Crippen LogP contribution < -0.4 is 11.1 Å². The number of nitrogens with one attached hydrogen (secondary N) is 1. The van der Waals surface area contributed by atoms with Crippen molar-refractivity contribution in [2.45, 2.75) is 26.4 Å². The fourth-order valence-electron chi connectivity index (χ4n) is 1.81. The lowest BCUT2D eigenvalue weighted by molar-refractivity contribution is 0.0534. The Labute approximate surface area is 141 Å². The fourth-order valence-corrected chi connectivity index (χ4v) is 3.55. The Morgan fingerprint density at radius 2 is 2.27 bits per heavy atom. The summed E-state index contributed by atoms with van der Waals surface area (Å²) in [6, 6.07) is 0. The second-order valence-electron chi connectivity index (χ2n) is 5.67. The van der Waals surface area contributed by atoms with Crippen LogP contribution in [0.1, 0.15) is 26.3 Å². The summed E-state index contributed by atoms with van der Waals surface area (Å²) < 4.78 is 7.17. The van der Waals surface area contributed by atoms with Crippen LogP contribution >= 0.6 is 27.3 Å².